The maximum atomic E-state index is 12.6. The number of Topliss-reactive ketones (excluding diaryl/α,β-unsaturated/α-hetero) is 1. The van der Waals surface area contributed by atoms with Crippen molar-refractivity contribution in [3.8, 4) is 34.3 Å². The number of thioether (sulfide) groups is 1. The molecule has 0 saturated heterocycles. The summed E-state index contributed by atoms with van der Waals surface area (Å²) in [5.74, 6) is 3.04. The number of nitrogens with zero attached hydrogens (tertiary/aromatic N) is 3. The van der Waals surface area contributed by atoms with Crippen molar-refractivity contribution in [1.82, 2.24) is 14.8 Å². The van der Waals surface area contributed by atoms with Crippen LogP contribution in [-0.2, 0) is 0 Å². The molecule has 0 N–H and O–H groups in total. The number of ketones is 1. The fourth-order valence-electron chi connectivity index (χ4n) is 3.39. The Morgan fingerprint density at radius 3 is 2.56 bits per heavy atom. The summed E-state index contributed by atoms with van der Waals surface area (Å²) < 4.78 is 18.2. The molecule has 0 amide bonds. The van der Waals surface area contributed by atoms with Gasteiger partial charge in [0.05, 0.1) is 12.9 Å². The molecule has 160 valence electrons. The van der Waals surface area contributed by atoms with E-state index in [0.29, 0.717) is 28.0 Å². The quantitative estimate of drug-likeness (QED) is 0.303. The van der Waals surface area contributed by atoms with E-state index in [1.165, 1.54) is 11.8 Å². The Labute approximate surface area is 189 Å². The second-order valence-corrected chi connectivity index (χ2v) is 7.93. The van der Waals surface area contributed by atoms with Gasteiger partial charge in [-0.25, -0.2) is 0 Å². The SMILES string of the molecule is COc1ccc(-n2c(SCC(=O)c3ccccc3)nnc2-c2ccc3c(c2)OCO3)cc1. The van der Waals surface area contributed by atoms with Gasteiger partial charge in [-0.3, -0.25) is 9.36 Å². The van der Waals surface area contributed by atoms with Crippen LogP contribution in [0.25, 0.3) is 17.1 Å². The molecule has 3 aromatic carbocycles. The normalized spacial score (nSPS) is 12.0. The summed E-state index contributed by atoms with van der Waals surface area (Å²) in [6, 6.07) is 22.5. The monoisotopic (exact) mass is 445 g/mol. The third-order valence-corrected chi connectivity index (χ3v) is 5.95. The molecule has 2 heterocycles. The third kappa shape index (κ3) is 3.92. The second kappa shape index (κ2) is 8.76. The Bertz CT molecular complexity index is 1260. The Hall–Kier alpha value is -3.78. The van der Waals surface area contributed by atoms with Crippen LogP contribution in [0, 0.1) is 0 Å². The number of aromatic nitrogens is 3. The van der Waals surface area contributed by atoms with E-state index in [2.05, 4.69) is 10.2 Å². The van der Waals surface area contributed by atoms with Crippen molar-refractivity contribution >= 4 is 17.5 Å². The number of carbonyl (C=O) groups is 1. The number of rotatable bonds is 7. The summed E-state index contributed by atoms with van der Waals surface area (Å²) in [7, 11) is 1.63. The van der Waals surface area contributed by atoms with Crippen molar-refractivity contribution in [2.75, 3.05) is 19.7 Å². The zero-order valence-electron chi connectivity index (χ0n) is 17.2. The fraction of sp³-hybridized carbons (Fsp3) is 0.125. The van der Waals surface area contributed by atoms with Crippen molar-refractivity contribution < 1.29 is 19.0 Å². The van der Waals surface area contributed by atoms with Crippen molar-refractivity contribution in [2.45, 2.75) is 5.16 Å². The van der Waals surface area contributed by atoms with Gasteiger partial charge in [-0.1, -0.05) is 42.1 Å². The predicted molar refractivity (Wildman–Crippen MR) is 121 cm³/mol. The van der Waals surface area contributed by atoms with Crippen LogP contribution in [0.3, 0.4) is 0 Å². The average molecular weight is 446 g/mol. The molecule has 0 unspecified atom stereocenters. The fourth-order valence-corrected chi connectivity index (χ4v) is 4.23. The average Bonchev–Trinajstić information content (AvgIpc) is 3.49. The van der Waals surface area contributed by atoms with Gasteiger partial charge in [0.25, 0.3) is 0 Å². The zero-order chi connectivity index (χ0) is 21.9. The maximum absolute atomic E-state index is 12.6. The minimum Gasteiger partial charge on any atom is -0.497 e. The van der Waals surface area contributed by atoms with E-state index < -0.39 is 0 Å². The van der Waals surface area contributed by atoms with Gasteiger partial charge in [0.15, 0.2) is 28.3 Å². The highest BCUT2D eigenvalue weighted by Crippen LogP contribution is 2.37. The lowest BCUT2D eigenvalue weighted by Gasteiger charge is -2.11. The lowest BCUT2D eigenvalue weighted by Crippen LogP contribution is -2.05. The molecule has 0 atom stereocenters. The summed E-state index contributed by atoms with van der Waals surface area (Å²) in [6.45, 7) is 0.201. The van der Waals surface area contributed by atoms with E-state index in [9.17, 15) is 4.79 Å². The molecular formula is C24H19N3O4S. The van der Waals surface area contributed by atoms with Gasteiger partial charge < -0.3 is 14.2 Å². The number of ether oxygens (including phenoxy) is 3. The number of methoxy groups -OCH3 is 1. The molecule has 1 aromatic heterocycles. The molecule has 0 fully saturated rings. The smallest absolute Gasteiger partial charge is 0.231 e. The van der Waals surface area contributed by atoms with Gasteiger partial charge in [0, 0.05) is 16.8 Å². The van der Waals surface area contributed by atoms with Gasteiger partial charge in [0.2, 0.25) is 6.79 Å². The summed E-state index contributed by atoms with van der Waals surface area (Å²) in [5, 5.41) is 9.44. The highest BCUT2D eigenvalue weighted by molar-refractivity contribution is 7.99. The van der Waals surface area contributed by atoms with Crippen LogP contribution in [0.5, 0.6) is 17.2 Å². The number of benzene rings is 3. The van der Waals surface area contributed by atoms with Gasteiger partial charge in [-0.2, -0.15) is 0 Å². The predicted octanol–water partition coefficient (Wildman–Crippen LogP) is 4.65. The lowest BCUT2D eigenvalue weighted by molar-refractivity contribution is 0.102. The molecule has 32 heavy (non-hydrogen) atoms. The molecule has 0 aliphatic carbocycles. The molecule has 4 aromatic rings. The maximum Gasteiger partial charge on any atom is 0.231 e. The summed E-state index contributed by atoms with van der Waals surface area (Å²) in [5.41, 5.74) is 2.36. The second-order valence-electron chi connectivity index (χ2n) is 6.99. The van der Waals surface area contributed by atoms with Crippen molar-refractivity contribution in [3.05, 3.63) is 78.4 Å². The largest absolute Gasteiger partial charge is 0.497 e. The first-order chi connectivity index (χ1) is 15.7. The molecular weight excluding hydrogens is 426 g/mol. The van der Waals surface area contributed by atoms with E-state index in [4.69, 9.17) is 14.2 Å². The van der Waals surface area contributed by atoms with Gasteiger partial charge in [-0.15, -0.1) is 10.2 Å². The van der Waals surface area contributed by atoms with Gasteiger partial charge in [-0.05, 0) is 42.5 Å². The molecule has 0 spiro atoms. The minimum atomic E-state index is 0.0320. The first-order valence-corrected chi connectivity index (χ1v) is 10.9. The number of hydrogen-bond donors (Lipinski definition) is 0. The molecule has 0 bridgehead atoms. The summed E-state index contributed by atoms with van der Waals surface area (Å²) >= 11 is 1.35. The van der Waals surface area contributed by atoms with Crippen LogP contribution in [0.1, 0.15) is 10.4 Å². The highest BCUT2D eigenvalue weighted by Gasteiger charge is 2.21. The van der Waals surface area contributed by atoms with Crippen molar-refractivity contribution in [2.24, 2.45) is 0 Å². The van der Waals surface area contributed by atoms with Gasteiger partial charge >= 0.3 is 0 Å². The summed E-state index contributed by atoms with van der Waals surface area (Å²) in [6.07, 6.45) is 0. The summed E-state index contributed by atoms with van der Waals surface area (Å²) in [4.78, 5) is 12.6. The number of fused-ring (bicyclic) bond motifs is 1. The third-order valence-electron chi connectivity index (χ3n) is 5.02. The molecule has 8 heteroatoms. The Kier molecular flexibility index (Phi) is 5.51. The van der Waals surface area contributed by atoms with Crippen LogP contribution in [0.4, 0.5) is 0 Å². The number of hydrogen-bond acceptors (Lipinski definition) is 7. The molecule has 1 aliphatic heterocycles. The first kappa shape index (κ1) is 20.1. The molecule has 5 rings (SSSR count). The van der Waals surface area contributed by atoms with Crippen molar-refractivity contribution in [1.29, 1.82) is 0 Å². The van der Waals surface area contributed by atoms with Crippen LogP contribution in [0.2, 0.25) is 0 Å². The first-order valence-electron chi connectivity index (χ1n) is 9.94. The van der Waals surface area contributed by atoms with E-state index in [0.717, 1.165) is 17.0 Å². The standard InChI is InChI=1S/C24H19N3O4S/c1-29-19-10-8-18(9-11-19)27-23(17-7-12-21-22(13-17)31-15-30-21)25-26-24(27)32-14-20(28)16-5-3-2-4-6-16/h2-13H,14-15H2,1H3. The molecule has 0 radical (unpaired) electrons. The highest BCUT2D eigenvalue weighted by atomic mass is 32.2. The van der Waals surface area contributed by atoms with Crippen LogP contribution < -0.4 is 14.2 Å². The van der Waals surface area contributed by atoms with Crippen molar-refractivity contribution in [3.63, 3.8) is 0 Å². The minimum absolute atomic E-state index is 0.0320. The van der Waals surface area contributed by atoms with Gasteiger partial charge in [0.1, 0.15) is 5.75 Å². The molecule has 1 aliphatic rings. The van der Waals surface area contributed by atoms with Crippen LogP contribution in [-0.4, -0.2) is 40.2 Å². The lowest BCUT2D eigenvalue weighted by atomic mass is 10.2. The Balaban J connectivity index is 1.51. The Morgan fingerprint density at radius 2 is 1.78 bits per heavy atom. The molecule has 7 nitrogen and oxygen atoms in total. The van der Waals surface area contributed by atoms with Crippen LogP contribution >= 0.6 is 11.8 Å². The van der Waals surface area contributed by atoms with E-state index in [-0.39, 0.29) is 18.3 Å². The van der Waals surface area contributed by atoms with E-state index in [1.54, 1.807) is 7.11 Å². The molecule has 0 saturated carbocycles. The Morgan fingerprint density at radius 1 is 1.00 bits per heavy atom. The number of carbonyl (C=O) groups excluding carboxylic acids is 1. The van der Waals surface area contributed by atoms with Crippen LogP contribution in [0.15, 0.2) is 78.0 Å². The van der Waals surface area contributed by atoms with E-state index >= 15 is 0 Å². The topological polar surface area (TPSA) is 75.5 Å². The zero-order valence-corrected chi connectivity index (χ0v) is 18.0. The van der Waals surface area contributed by atoms with E-state index in [1.807, 2.05) is 77.4 Å².